The van der Waals surface area contributed by atoms with Gasteiger partial charge in [-0.1, -0.05) is 35.5 Å². The first-order valence-corrected chi connectivity index (χ1v) is 9.09. The Kier molecular flexibility index (Phi) is 4.56. The Morgan fingerprint density at radius 2 is 1.88 bits per heavy atom. The van der Waals surface area contributed by atoms with Crippen molar-refractivity contribution in [1.29, 1.82) is 0 Å². The van der Waals surface area contributed by atoms with E-state index >= 15 is 0 Å². The van der Waals surface area contributed by atoms with Crippen LogP contribution in [0.3, 0.4) is 0 Å². The number of carbonyl (C=O) groups is 1. The zero-order chi connectivity index (χ0) is 17.9. The molecule has 6 nitrogen and oxygen atoms in total. The molecule has 26 heavy (non-hydrogen) atoms. The highest BCUT2D eigenvalue weighted by Gasteiger charge is 2.30. The van der Waals surface area contributed by atoms with E-state index in [1.807, 2.05) is 52.0 Å². The average molecular weight is 349 g/mol. The molecule has 1 aliphatic heterocycles. The van der Waals surface area contributed by atoms with E-state index in [-0.39, 0.29) is 12.1 Å². The summed E-state index contributed by atoms with van der Waals surface area (Å²) in [4.78, 5) is 16.6. The van der Waals surface area contributed by atoms with Crippen molar-refractivity contribution in [1.82, 2.24) is 19.9 Å². The quantitative estimate of drug-likeness (QED) is 0.686. The van der Waals surface area contributed by atoms with Crippen molar-refractivity contribution >= 4 is 22.6 Å². The number of anilines is 1. The Morgan fingerprint density at radius 3 is 2.65 bits per heavy atom. The standard InChI is InChI=1S/C20H23N5O/c1-23(16-8-3-2-4-9-16)15-13-19(24-14-7-12-20(24)26)25-18-11-6-5-10-17(18)21-22-25/h2-6,8-11,19H,7,12-15H2,1H3. The maximum Gasteiger partial charge on any atom is 0.224 e. The molecule has 1 unspecified atom stereocenters. The molecule has 2 heterocycles. The number of para-hydroxylation sites is 2. The highest BCUT2D eigenvalue weighted by Crippen LogP contribution is 2.27. The second-order valence-corrected chi connectivity index (χ2v) is 6.74. The Morgan fingerprint density at radius 1 is 1.12 bits per heavy atom. The molecule has 1 amide bonds. The maximum absolute atomic E-state index is 12.4. The summed E-state index contributed by atoms with van der Waals surface area (Å²) in [5.74, 6) is 0.206. The zero-order valence-electron chi connectivity index (χ0n) is 15.0. The van der Waals surface area contributed by atoms with Crippen LogP contribution in [-0.4, -0.2) is 45.9 Å². The number of hydrogen-bond acceptors (Lipinski definition) is 4. The van der Waals surface area contributed by atoms with Crippen LogP contribution in [0.15, 0.2) is 54.6 Å². The number of rotatable bonds is 6. The van der Waals surface area contributed by atoms with Gasteiger partial charge in [-0.05, 0) is 30.7 Å². The summed E-state index contributed by atoms with van der Waals surface area (Å²) < 4.78 is 1.91. The minimum atomic E-state index is -0.108. The first-order valence-electron chi connectivity index (χ1n) is 9.09. The van der Waals surface area contributed by atoms with Gasteiger partial charge in [-0.3, -0.25) is 4.79 Å². The maximum atomic E-state index is 12.4. The van der Waals surface area contributed by atoms with Crippen LogP contribution in [0.4, 0.5) is 5.69 Å². The number of nitrogens with zero attached hydrogens (tertiary/aromatic N) is 5. The fourth-order valence-electron chi connectivity index (χ4n) is 3.62. The number of fused-ring (bicyclic) bond motifs is 1. The van der Waals surface area contributed by atoms with Crippen molar-refractivity contribution in [3.63, 3.8) is 0 Å². The Bertz CT molecular complexity index is 891. The second kappa shape index (κ2) is 7.15. The number of likely N-dealkylation sites (tertiary alicyclic amines) is 1. The summed E-state index contributed by atoms with van der Waals surface area (Å²) in [6.45, 7) is 1.61. The van der Waals surface area contributed by atoms with Gasteiger partial charge in [-0.25, -0.2) is 4.68 Å². The molecule has 6 heteroatoms. The molecule has 1 fully saturated rings. The van der Waals surface area contributed by atoms with Crippen LogP contribution >= 0.6 is 0 Å². The fraction of sp³-hybridized carbons (Fsp3) is 0.350. The highest BCUT2D eigenvalue weighted by molar-refractivity contribution is 5.79. The van der Waals surface area contributed by atoms with Gasteiger partial charge in [-0.15, -0.1) is 5.10 Å². The molecule has 1 atom stereocenters. The third kappa shape index (κ3) is 3.14. The van der Waals surface area contributed by atoms with Gasteiger partial charge in [0.05, 0.1) is 5.52 Å². The van der Waals surface area contributed by atoms with E-state index in [9.17, 15) is 4.79 Å². The minimum absolute atomic E-state index is 0.108. The predicted octanol–water partition coefficient (Wildman–Crippen LogP) is 3.08. The van der Waals surface area contributed by atoms with Gasteiger partial charge in [-0.2, -0.15) is 0 Å². The fourth-order valence-corrected chi connectivity index (χ4v) is 3.62. The average Bonchev–Trinajstić information content (AvgIpc) is 3.30. The van der Waals surface area contributed by atoms with Crippen LogP contribution < -0.4 is 4.90 Å². The summed E-state index contributed by atoms with van der Waals surface area (Å²) in [6.07, 6.45) is 2.22. The molecule has 0 radical (unpaired) electrons. The third-order valence-electron chi connectivity index (χ3n) is 5.05. The van der Waals surface area contributed by atoms with E-state index < -0.39 is 0 Å². The van der Waals surface area contributed by atoms with Crippen LogP contribution in [0.25, 0.3) is 11.0 Å². The van der Waals surface area contributed by atoms with Crippen molar-refractivity contribution in [3.8, 4) is 0 Å². The van der Waals surface area contributed by atoms with E-state index in [0.717, 1.165) is 37.0 Å². The van der Waals surface area contributed by atoms with Gasteiger partial charge in [0.25, 0.3) is 0 Å². The molecule has 0 spiro atoms. The van der Waals surface area contributed by atoms with Gasteiger partial charge in [0.2, 0.25) is 5.91 Å². The van der Waals surface area contributed by atoms with Gasteiger partial charge < -0.3 is 9.80 Å². The highest BCUT2D eigenvalue weighted by atomic mass is 16.2. The SMILES string of the molecule is CN(CCC(N1CCCC1=O)n1nnc2ccccc21)c1ccccc1. The summed E-state index contributed by atoms with van der Waals surface area (Å²) >= 11 is 0. The molecular weight excluding hydrogens is 326 g/mol. The summed E-state index contributed by atoms with van der Waals surface area (Å²) in [5, 5.41) is 8.66. The van der Waals surface area contributed by atoms with E-state index in [4.69, 9.17) is 0 Å². The van der Waals surface area contributed by atoms with Crippen LogP contribution in [0.2, 0.25) is 0 Å². The lowest BCUT2D eigenvalue weighted by Gasteiger charge is -2.30. The van der Waals surface area contributed by atoms with Crippen molar-refractivity contribution < 1.29 is 4.79 Å². The van der Waals surface area contributed by atoms with Crippen molar-refractivity contribution in [2.75, 3.05) is 25.0 Å². The second-order valence-electron chi connectivity index (χ2n) is 6.74. The van der Waals surface area contributed by atoms with Gasteiger partial charge in [0.15, 0.2) is 0 Å². The van der Waals surface area contributed by atoms with E-state index in [0.29, 0.717) is 6.42 Å². The first kappa shape index (κ1) is 16.6. The lowest BCUT2D eigenvalue weighted by Crippen LogP contribution is -2.36. The van der Waals surface area contributed by atoms with Crippen LogP contribution in [0, 0.1) is 0 Å². The van der Waals surface area contributed by atoms with Gasteiger partial charge >= 0.3 is 0 Å². The summed E-state index contributed by atoms with van der Waals surface area (Å²) in [5.41, 5.74) is 3.00. The summed E-state index contributed by atoms with van der Waals surface area (Å²) in [6, 6.07) is 18.2. The Labute approximate surface area is 153 Å². The van der Waals surface area contributed by atoms with Crippen molar-refractivity contribution in [3.05, 3.63) is 54.6 Å². The first-order chi connectivity index (χ1) is 12.7. The minimum Gasteiger partial charge on any atom is -0.374 e. The smallest absolute Gasteiger partial charge is 0.224 e. The topological polar surface area (TPSA) is 54.3 Å². The van der Waals surface area contributed by atoms with E-state index in [1.54, 1.807) is 0 Å². The molecular formula is C20H23N5O. The molecule has 0 N–H and O–H groups in total. The Hall–Kier alpha value is -2.89. The molecule has 2 aromatic carbocycles. The lowest BCUT2D eigenvalue weighted by molar-refractivity contribution is -0.131. The number of aromatic nitrogens is 3. The van der Waals surface area contributed by atoms with Gasteiger partial charge in [0, 0.05) is 38.7 Å². The molecule has 0 saturated carbocycles. The van der Waals surface area contributed by atoms with Gasteiger partial charge in [0.1, 0.15) is 11.7 Å². The van der Waals surface area contributed by atoms with E-state index in [1.165, 1.54) is 5.69 Å². The molecule has 1 saturated heterocycles. The van der Waals surface area contributed by atoms with Crippen LogP contribution in [0.5, 0.6) is 0 Å². The molecule has 0 aliphatic carbocycles. The molecule has 134 valence electrons. The zero-order valence-corrected chi connectivity index (χ0v) is 15.0. The van der Waals surface area contributed by atoms with Crippen LogP contribution in [-0.2, 0) is 4.79 Å². The normalized spacial score (nSPS) is 15.6. The molecule has 1 aliphatic rings. The number of amides is 1. The lowest BCUT2D eigenvalue weighted by atomic mass is 10.2. The Balaban J connectivity index is 1.60. The molecule has 4 rings (SSSR count). The largest absolute Gasteiger partial charge is 0.374 e. The van der Waals surface area contributed by atoms with E-state index in [2.05, 4.69) is 34.4 Å². The predicted molar refractivity (Wildman–Crippen MR) is 102 cm³/mol. The van der Waals surface area contributed by atoms with Crippen molar-refractivity contribution in [2.24, 2.45) is 0 Å². The molecule has 0 bridgehead atoms. The monoisotopic (exact) mass is 349 g/mol. The molecule has 1 aromatic heterocycles. The van der Waals surface area contributed by atoms with Crippen molar-refractivity contribution in [2.45, 2.75) is 25.4 Å². The van der Waals surface area contributed by atoms with Crippen LogP contribution in [0.1, 0.15) is 25.4 Å². The number of hydrogen-bond donors (Lipinski definition) is 0. The summed E-state index contributed by atoms with van der Waals surface area (Å²) in [7, 11) is 2.08. The third-order valence-corrected chi connectivity index (χ3v) is 5.05. The number of carbonyl (C=O) groups excluding carboxylic acids is 1. The molecule has 3 aromatic rings. The number of benzene rings is 2.